The first-order valence-corrected chi connectivity index (χ1v) is 11.6. The molecule has 178 valence electrons. The number of carbonyl (C=O) groups excluding carboxylic acids is 2. The Bertz CT molecular complexity index is 1060. The van der Waals surface area contributed by atoms with Gasteiger partial charge >= 0.3 is 12.1 Å². The van der Waals surface area contributed by atoms with Crippen molar-refractivity contribution in [1.82, 2.24) is 19.4 Å². The van der Waals surface area contributed by atoms with E-state index in [9.17, 15) is 9.59 Å². The molecule has 2 aromatic rings. The maximum Gasteiger partial charge on any atom is 0.410 e. The van der Waals surface area contributed by atoms with Gasteiger partial charge in [0.1, 0.15) is 5.60 Å². The number of piperidine rings is 1. The Labute approximate surface area is 194 Å². The van der Waals surface area contributed by atoms with Crippen LogP contribution in [0.15, 0.2) is 12.4 Å². The number of hydrogen-bond donors (Lipinski definition) is 1. The summed E-state index contributed by atoms with van der Waals surface area (Å²) >= 11 is 0. The highest BCUT2D eigenvalue weighted by molar-refractivity contribution is 5.93. The first-order valence-electron chi connectivity index (χ1n) is 11.6. The van der Waals surface area contributed by atoms with Crippen LogP contribution in [-0.4, -0.2) is 62.8 Å². The number of rotatable bonds is 4. The Morgan fingerprint density at radius 3 is 2.79 bits per heavy atom. The van der Waals surface area contributed by atoms with Crippen LogP contribution in [0, 0.1) is 6.92 Å². The Balaban J connectivity index is 1.53. The smallest absolute Gasteiger partial charge is 0.410 e. The van der Waals surface area contributed by atoms with Gasteiger partial charge in [-0.1, -0.05) is 0 Å². The van der Waals surface area contributed by atoms with Crippen molar-refractivity contribution in [3.63, 3.8) is 0 Å². The first-order chi connectivity index (χ1) is 15.7. The van der Waals surface area contributed by atoms with Crippen LogP contribution in [0.1, 0.15) is 62.0 Å². The Morgan fingerprint density at radius 2 is 2.06 bits per heavy atom. The molecule has 0 unspecified atom stereocenters. The van der Waals surface area contributed by atoms with Gasteiger partial charge in [0.05, 0.1) is 23.6 Å². The van der Waals surface area contributed by atoms with E-state index in [1.807, 2.05) is 40.1 Å². The molecule has 2 aromatic heterocycles. The predicted octanol–water partition coefficient (Wildman–Crippen LogP) is 3.80. The third-order valence-corrected chi connectivity index (χ3v) is 5.94. The summed E-state index contributed by atoms with van der Waals surface area (Å²) in [5, 5.41) is 3.41. The number of carbonyl (C=O) groups is 2. The molecule has 2 aliphatic rings. The van der Waals surface area contributed by atoms with Crippen molar-refractivity contribution in [2.75, 3.05) is 25.0 Å². The summed E-state index contributed by atoms with van der Waals surface area (Å²) in [6.07, 6.45) is 6.03. The van der Waals surface area contributed by atoms with Gasteiger partial charge in [-0.15, -0.1) is 0 Å². The van der Waals surface area contributed by atoms with E-state index in [-0.39, 0.29) is 18.1 Å². The average molecular weight is 456 g/mol. The van der Waals surface area contributed by atoms with E-state index in [1.165, 1.54) is 0 Å². The predicted molar refractivity (Wildman–Crippen MR) is 124 cm³/mol. The van der Waals surface area contributed by atoms with E-state index < -0.39 is 5.60 Å². The monoisotopic (exact) mass is 455 g/mol. The Kier molecular flexibility index (Phi) is 6.32. The van der Waals surface area contributed by atoms with Gasteiger partial charge in [0.2, 0.25) is 5.95 Å². The average Bonchev–Trinajstić information content (AvgIpc) is 3.10. The standard InChI is InChI=1S/C24H33N5O4/c1-6-32-21(30)18-14-28-11-9-16-12-25-22(27-19(16)20(28)15(18)2)26-17-8-7-10-29(13-17)23(31)33-24(3,4)5/h12,14,17H,6-11,13H2,1-5H3,(H,25,26,27)/t17-/m0/s1. The summed E-state index contributed by atoms with van der Waals surface area (Å²) in [5.41, 5.74) is 3.76. The molecule has 1 atom stereocenters. The van der Waals surface area contributed by atoms with Crippen LogP contribution in [0.3, 0.4) is 0 Å². The van der Waals surface area contributed by atoms with E-state index in [4.69, 9.17) is 14.5 Å². The van der Waals surface area contributed by atoms with E-state index >= 15 is 0 Å². The minimum atomic E-state index is -0.520. The third kappa shape index (κ3) is 4.96. The van der Waals surface area contributed by atoms with Gasteiger partial charge in [0.15, 0.2) is 0 Å². The van der Waals surface area contributed by atoms with Gasteiger partial charge in [-0.05, 0) is 59.4 Å². The number of fused-ring (bicyclic) bond motifs is 3. The molecule has 33 heavy (non-hydrogen) atoms. The fourth-order valence-corrected chi connectivity index (χ4v) is 4.44. The normalized spacial score (nSPS) is 17.7. The number of hydrogen-bond acceptors (Lipinski definition) is 7. The molecule has 1 amide bonds. The molecule has 0 saturated carbocycles. The van der Waals surface area contributed by atoms with Crippen LogP contribution in [-0.2, 0) is 22.4 Å². The number of esters is 1. The molecular formula is C24H33N5O4. The molecule has 1 N–H and O–H groups in total. The Hall–Kier alpha value is -3.10. The van der Waals surface area contributed by atoms with Crippen LogP contribution in [0.25, 0.3) is 11.4 Å². The van der Waals surface area contributed by atoms with E-state index in [2.05, 4.69) is 14.9 Å². The molecule has 0 aliphatic carbocycles. The molecule has 9 heteroatoms. The van der Waals surface area contributed by atoms with Crippen molar-refractivity contribution in [2.24, 2.45) is 0 Å². The highest BCUT2D eigenvalue weighted by Crippen LogP contribution is 2.34. The summed E-state index contributed by atoms with van der Waals surface area (Å²) < 4.78 is 12.8. The lowest BCUT2D eigenvalue weighted by Crippen LogP contribution is -2.47. The number of aryl methyl sites for hydroxylation is 2. The largest absolute Gasteiger partial charge is 0.462 e. The molecule has 0 radical (unpaired) electrons. The lowest BCUT2D eigenvalue weighted by molar-refractivity contribution is 0.0206. The van der Waals surface area contributed by atoms with Gasteiger partial charge in [0, 0.05) is 43.6 Å². The van der Waals surface area contributed by atoms with Gasteiger partial charge in [-0.3, -0.25) is 0 Å². The maximum absolute atomic E-state index is 12.5. The lowest BCUT2D eigenvalue weighted by Gasteiger charge is -2.34. The second-order valence-electron chi connectivity index (χ2n) is 9.66. The van der Waals surface area contributed by atoms with Gasteiger partial charge in [0.25, 0.3) is 0 Å². The van der Waals surface area contributed by atoms with Crippen LogP contribution in [0.4, 0.5) is 10.7 Å². The van der Waals surface area contributed by atoms with Crippen molar-refractivity contribution < 1.29 is 19.1 Å². The van der Waals surface area contributed by atoms with Gasteiger partial charge in [-0.2, -0.15) is 0 Å². The van der Waals surface area contributed by atoms with Crippen molar-refractivity contribution in [2.45, 2.75) is 72.1 Å². The molecule has 1 saturated heterocycles. The number of likely N-dealkylation sites (tertiary alicyclic amines) is 1. The zero-order valence-corrected chi connectivity index (χ0v) is 20.1. The maximum atomic E-state index is 12.5. The van der Waals surface area contributed by atoms with Crippen molar-refractivity contribution in [3.05, 3.63) is 29.1 Å². The second-order valence-corrected chi connectivity index (χ2v) is 9.66. The molecule has 0 spiro atoms. The fourth-order valence-electron chi connectivity index (χ4n) is 4.44. The van der Waals surface area contributed by atoms with Crippen LogP contribution in [0.5, 0.6) is 0 Å². The van der Waals surface area contributed by atoms with Crippen LogP contribution >= 0.6 is 0 Å². The molecule has 2 aliphatic heterocycles. The van der Waals surface area contributed by atoms with Crippen molar-refractivity contribution >= 4 is 18.0 Å². The summed E-state index contributed by atoms with van der Waals surface area (Å²) in [5.74, 6) is 0.215. The summed E-state index contributed by atoms with van der Waals surface area (Å²) in [7, 11) is 0. The highest BCUT2D eigenvalue weighted by atomic mass is 16.6. The van der Waals surface area contributed by atoms with Crippen molar-refractivity contribution in [1.29, 1.82) is 0 Å². The molecule has 4 rings (SSSR count). The van der Waals surface area contributed by atoms with Crippen molar-refractivity contribution in [3.8, 4) is 11.4 Å². The number of nitrogens with one attached hydrogen (secondary N) is 1. The molecular weight excluding hydrogens is 422 g/mol. The summed E-state index contributed by atoms with van der Waals surface area (Å²) in [6.45, 7) is 11.7. The quantitative estimate of drug-likeness (QED) is 0.700. The SMILES string of the molecule is CCOC(=O)c1cn2c(c1C)-c1nc(N[C@H]3CCCN(C(=O)OC(C)(C)C)C3)ncc1CC2. The summed E-state index contributed by atoms with van der Waals surface area (Å²) in [6, 6.07) is 0.0379. The number of ether oxygens (including phenoxy) is 2. The zero-order valence-electron chi connectivity index (χ0n) is 20.1. The van der Waals surface area contributed by atoms with Gasteiger partial charge in [-0.25, -0.2) is 19.6 Å². The lowest BCUT2D eigenvalue weighted by atomic mass is 10.0. The second kappa shape index (κ2) is 9.03. The third-order valence-electron chi connectivity index (χ3n) is 5.94. The molecule has 0 bridgehead atoms. The molecule has 0 aromatic carbocycles. The molecule has 4 heterocycles. The number of anilines is 1. The minimum Gasteiger partial charge on any atom is -0.462 e. The topological polar surface area (TPSA) is 98.6 Å². The first kappa shape index (κ1) is 23.1. The van der Waals surface area contributed by atoms with E-state index in [0.717, 1.165) is 48.3 Å². The van der Waals surface area contributed by atoms with Gasteiger partial charge < -0.3 is 24.3 Å². The highest BCUT2D eigenvalue weighted by Gasteiger charge is 2.29. The van der Waals surface area contributed by atoms with Crippen LogP contribution in [0.2, 0.25) is 0 Å². The van der Waals surface area contributed by atoms with E-state index in [0.29, 0.717) is 31.2 Å². The molecule has 9 nitrogen and oxygen atoms in total. The number of nitrogens with zero attached hydrogens (tertiary/aromatic N) is 4. The molecule has 1 fully saturated rings. The van der Waals surface area contributed by atoms with E-state index in [1.54, 1.807) is 11.8 Å². The minimum absolute atomic E-state index is 0.0379. The Morgan fingerprint density at radius 1 is 1.27 bits per heavy atom. The fraction of sp³-hybridized carbons (Fsp3) is 0.583. The van der Waals surface area contributed by atoms with Crippen LogP contribution < -0.4 is 5.32 Å². The zero-order chi connectivity index (χ0) is 23.8. The summed E-state index contributed by atoms with van der Waals surface area (Å²) in [4.78, 5) is 36.0. The number of amides is 1. The number of aromatic nitrogens is 3.